The quantitative estimate of drug-likeness (QED) is 0.369. The van der Waals surface area contributed by atoms with E-state index in [1.807, 2.05) is 50.5 Å². The number of benzene rings is 3. The Balaban J connectivity index is 1.86. The highest BCUT2D eigenvalue weighted by Gasteiger charge is 2.18. The largest absolute Gasteiger partial charge is 0.488 e. The predicted molar refractivity (Wildman–Crippen MR) is 119 cm³/mol. The van der Waals surface area contributed by atoms with Gasteiger partial charge in [0, 0.05) is 49.2 Å². The number of fused-ring (bicyclic) bond motifs is 6. The van der Waals surface area contributed by atoms with Crippen molar-refractivity contribution in [2.24, 2.45) is 0 Å². The molecule has 2 aromatic heterocycles. The molecule has 28 heavy (non-hydrogen) atoms. The Hall–Kier alpha value is -2.40. The molecule has 0 saturated heterocycles. The summed E-state index contributed by atoms with van der Waals surface area (Å²) in [5.41, 5.74) is 4.01. The monoisotopic (exact) mass is 411 g/mol. The van der Waals surface area contributed by atoms with Gasteiger partial charge >= 0.3 is 0 Å². The van der Waals surface area contributed by atoms with Crippen LogP contribution in [0.1, 0.15) is 0 Å². The van der Waals surface area contributed by atoms with E-state index in [0.29, 0.717) is 16.7 Å². The molecule has 5 rings (SSSR count). The number of nitrogens with one attached hydrogen (secondary N) is 2. The molecule has 0 aliphatic heterocycles. The SMILES string of the molecule is CN(C)CCOc1c2[nH]c3ccc(Cl)cc3c2cc2c1[nH]c1ccc(Cl)cc12. The summed E-state index contributed by atoms with van der Waals surface area (Å²) in [6, 6.07) is 14.0. The highest BCUT2D eigenvalue weighted by molar-refractivity contribution is 6.33. The second-order valence-electron chi connectivity index (χ2n) is 7.33. The van der Waals surface area contributed by atoms with E-state index in [0.717, 1.165) is 55.9 Å². The Morgan fingerprint density at radius 3 is 1.82 bits per heavy atom. The van der Waals surface area contributed by atoms with E-state index in [1.54, 1.807) is 0 Å². The van der Waals surface area contributed by atoms with Crippen LogP contribution in [0.4, 0.5) is 0 Å². The molecule has 5 aromatic rings. The molecule has 0 fully saturated rings. The Morgan fingerprint density at radius 1 is 0.786 bits per heavy atom. The van der Waals surface area contributed by atoms with Crippen LogP contribution in [0.2, 0.25) is 10.0 Å². The molecule has 0 unspecified atom stereocenters. The number of rotatable bonds is 4. The average molecular weight is 412 g/mol. The van der Waals surface area contributed by atoms with Crippen LogP contribution in [0, 0.1) is 0 Å². The van der Waals surface area contributed by atoms with Gasteiger partial charge in [0.15, 0.2) is 5.75 Å². The zero-order chi connectivity index (χ0) is 19.4. The second kappa shape index (κ2) is 6.59. The topological polar surface area (TPSA) is 44.0 Å². The Bertz CT molecular complexity index is 1260. The molecule has 0 spiro atoms. The minimum absolute atomic E-state index is 0.591. The molecule has 0 aliphatic rings. The van der Waals surface area contributed by atoms with Gasteiger partial charge in [-0.2, -0.15) is 0 Å². The van der Waals surface area contributed by atoms with Crippen molar-refractivity contribution in [3.8, 4) is 5.75 Å². The molecule has 6 heteroatoms. The van der Waals surface area contributed by atoms with Crippen molar-refractivity contribution in [2.75, 3.05) is 27.2 Å². The third kappa shape index (κ3) is 2.80. The Labute approximate surface area is 172 Å². The fourth-order valence-corrected chi connectivity index (χ4v) is 4.12. The first-order chi connectivity index (χ1) is 13.5. The highest BCUT2D eigenvalue weighted by Crippen LogP contribution is 2.41. The lowest BCUT2D eigenvalue weighted by molar-refractivity contribution is 0.265. The maximum absolute atomic E-state index is 6.29. The molecule has 0 radical (unpaired) electrons. The number of ether oxygens (including phenoxy) is 1. The van der Waals surface area contributed by atoms with Crippen LogP contribution < -0.4 is 4.74 Å². The van der Waals surface area contributed by atoms with E-state index >= 15 is 0 Å². The van der Waals surface area contributed by atoms with Crippen molar-refractivity contribution in [3.05, 3.63) is 52.5 Å². The third-order valence-corrected chi connectivity index (χ3v) is 5.60. The summed E-state index contributed by atoms with van der Waals surface area (Å²) in [7, 11) is 4.07. The fraction of sp³-hybridized carbons (Fsp3) is 0.182. The molecular formula is C22H19Cl2N3O. The molecule has 0 bridgehead atoms. The van der Waals surface area contributed by atoms with Crippen molar-refractivity contribution < 1.29 is 4.74 Å². The average Bonchev–Trinajstić information content (AvgIpc) is 3.19. The number of aromatic nitrogens is 2. The summed E-state index contributed by atoms with van der Waals surface area (Å²) in [5.74, 6) is 0.828. The zero-order valence-corrected chi connectivity index (χ0v) is 17.1. The smallest absolute Gasteiger partial charge is 0.167 e. The van der Waals surface area contributed by atoms with E-state index in [2.05, 4.69) is 20.9 Å². The molecule has 0 amide bonds. The number of H-pyrrole nitrogens is 2. The number of hydrogen-bond acceptors (Lipinski definition) is 2. The normalized spacial score (nSPS) is 12.2. The second-order valence-corrected chi connectivity index (χ2v) is 8.21. The first-order valence-electron chi connectivity index (χ1n) is 9.13. The van der Waals surface area contributed by atoms with Gasteiger partial charge in [-0.3, -0.25) is 0 Å². The van der Waals surface area contributed by atoms with Crippen molar-refractivity contribution in [1.82, 2.24) is 14.9 Å². The molecule has 2 heterocycles. The minimum Gasteiger partial charge on any atom is -0.488 e. The summed E-state index contributed by atoms with van der Waals surface area (Å²) in [4.78, 5) is 9.14. The standard InChI is InChI=1S/C22H19Cl2N3O/c1-27(2)7-8-28-22-20-16(14-9-12(23)3-5-18(14)25-20)11-17-15-10-13(24)4-6-19(15)26-21(17)22/h3-6,9-11,25-26H,7-8H2,1-2H3. The minimum atomic E-state index is 0.591. The number of likely N-dealkylation sites (N-methyl/N-ethyl adjacent to an activating group) is 1. The van der Waals surface area contributed by atoms with Gasteiger partial charge in [0.05, 0.1) is 11.0 Å². The maximum Gasteiger partial charge on any atom is 0.167 e. The molecule has 4 nitrogen and oxygen atoms in total. The van der Waals surface area contributed by atoms with Gasteiger partial charge in [0.2, 0.25) is 0 Å². The van der Waals surface area contributed by atoms with Crippen molar-refractivity contribution in [1.29, 1.82) is 0 Å². The lowest BCUT2D eigenvalue weighted by Gasteiger charge is -2.12. The molecule has 0 saturated carbocycles. The van der Waals surface area contributed by atoms with Gasteiger partial charge in [0.1, 0.15) is 6.61 Å². The summed E-state index contributed by atoms with van der Waals surface area (Å²) < 4.78 is 6.29. The predicted octanol–water partition coefficient (Wildman–Crippen LogP) is 6.20. The summed E-state index contributed by atoms with van der Waals surface area (Å²) in [6.07, 6.45) is 0. The van der Waals surface area contributed by atoms with Gasteiger partial charge < -0.3 is 19.6 Å². The van der Waals surface area contributed by atoms with Crippen LogP contribution in [0.3, 0.4) is 0 Å². The molecule has 142 valence electrons. The van der Waals surface area contributed by atoms with Crippen LogP contribution >= 0.6 is 23.2 Å². The van der Waals surface area contributed by atoms with Crippen LogP contribution in [-0.2, 0) is 0 Å². The van der Waals surface area contributed by atoms with Crippen LogP contribution in [0.15, 0.2) is 42.5 Å². The van der Waals surface area contributed by atoms with Crippen molar-refractivity contribution >= 4 is 66.8 Å². The molecule has 3 aromatic carbocycles. The number of nitrogens with zero attached hydrogens (tertiary/aromatic N) is 1. The van der Waals surface area contributed by atoms with E-state index in [4.69, 9.17) is 27.9 Å². The maximum atomic E-state index is 6.29. The number of hydrogen-bond donors (Lipinski definition) is 2. The van der Waals surface area contributed by atoms with Crippen LogP contribution in [-0.4, -0.2) is 42.1 Å². The molecule has 0 aliphatic carbocycles. The highest BCUT2D eigenvalue weighted by atomic mass is 35.5. The fourth-order valence-electron chi connectivity index (χ4n) is 3.77. The molecular weight excluding hydrogens is 393 g/mol. The Morgan fingerprint density at radius 2 is 1.32 bits per heavy atom. The first-order valence-corrected chi connectivity index (χ1v) is 9.89. The number of aromatic amines is 2. The van der Waals surface area contributed by atoms with E-state index < -0.39 is 0 Å². The Kier molecular flexibility index (Phi) is 4.16. The zero-order valence-electron chi connectivity index (χ0n) is 15.6. The summed E-state index contributed by atoms with van der Waals surface area (Å²) in [6.45, 7) is 1.42. The van der Waals surface area contributed by atoms with Gasteiger partial charge in [-0.1, -0.05) is 23.2 Å². The van der Waals surface area contributed by atoms with E-state index in [-0.39, 0.29) is 0 Å². The van der Waals surface area contributed by atoms with E-state index in [1.165, 1.54) is 0 Å². The van der Waals surface area contributed by atoms with Crippen molar-refractivity contribution in [3.63, 3.8) is 0 Å². The van der Waals surface area contributed by atoms with Gasteiger partial charge in [-0.15, -0.1) is 0 Å². The summed E-state index contributed by atoms with van der Waals surface area (Å²) >= 11 is 12.5. The van der Waals surface area contributed by atoms with Gasteiger partial charge in [-0.25, -0.2) is 0 Å². The third-order valence-electron chi connectivity index (χ3n) is 5.13. The lowest BCUT2D eigenvalue weighted by atomic mass is 10.1. The van der Waals surface area contributed by atoms with E-state index in [9.17, 15) is 0 Å². The summed E-state index contributed by atoms with van der Waals surface area (Å²) in [5, 5.41) is 5.77. The lowest BCUT2D eigenvalue weighted by Crippen LogP contribution is -2.19. The van der Waals surface area contributed by atoms with Crippen LogP contribution in [0.5, 0.6) is 5.75 Å². The molecule has 0 atom stereocenters. The van der Waals surface area contributed by atoms with Gasteiger partial charge in [-0.05, 0) is 56.6 Å². The van der Waals surface area contributed by atoms with Crippen LogP contribution in [0.25, 0.3) is 43.6 Å². The van der Waals surface area contributed by atoms with Crippen molar-refractivity contribution in [2.45, 2.75) is 0 Å². The number of halogens is 2. The molecule has 2 N–H and O–H groups in total. The first kappa shape index (κ1) is 17.7. The van der Waals surface area contributed by atoms with Gasteiger partial charge in [0.25, 0.3) is 0 Å².